The minimum absolute atomic E-state index is 0.0304. The molecule has 5 N–H and O–H groups in total. The van der Waals surface area contributed by atoms with E-state index in [0.29, 0.717) is 6.54 Å². The summed E-state index contributed by atoms with van der Waals surface area (Å²) < 4.78 is 0. The highest BCUT2D eigenvalue weighted by Gasteiger charge is 2.31. The number of nitrogens with one attached hydrogen (secondary N) is 1. The van der Waals surface area contributed by atoms with Gasteiger partial charge in [0.2, 0.25) is 0 Å². The van der Waals surface area contributed by atoms with Crippen LogP contribution in [0.4, 0.5) is 0 Å². The van der Waals surface area contributed by atoms with Crippen molar-refractivity contribution >= 4 is 0 Å². The SMILES string of the molecule is N[C@H]1[C@@H](CO)CN[C@@H]1CO. The van der Waals surface area contributed by atoms with Crippen LogP contribution in [0.15, 0.2) is 0 Å². The first-order valence-corrected chi connectivity index (χ1v) is 3.50. The lowest BCUT2D eigenvalue weighted by atomic mass is 10.0. The molecule has 1 heterocycles. The van der Waals surface area contributed by atoms with Gasteiger partial charge in [0, 0.05) is 31.2 Å². The predicted octanol–water partition coefficient (Wildman–Crippen LogP) is -2.11. The number of hydrogen-bond acceptors (Lipinski definition) is 4. The topological polar surface area (TPSA) is 78.5 Å². The zero-order valence-electron chi connectivity index (χ0n) is 5.83. The van der Waals surface area contributed by atoms with Gasteiger partial charge in [-0.3, -0.25) is 0 Å². The first-order valence-electron chi connectivity index (χ1n) is 3.50. The Labute approximate surface area is 60.0 Å². The van der Waals surface area contributed by atoms with Crippen molar-refractivity contribution in [2.75, 3.05) is 19.8 Å². The second-order valence-electron chi connectivity index (χ2n) is 2.72. The highest BCUT2D eigenvalue weighted by Crippen LogP contribution is 2.11. The van der Waals surface area contributed by atoms with Gasteiger partial charge in [0.15, 0.2) is 0 Å². The van der Waals surface area contributed by atoms with E-state index < -0.39 is 0 Å². The van der Waals surface area contributed by atoms with E-state index in [1.807, 2.05) is 0 Å². The third-order valence-electron chi connectivity index (χ3n) is 2.08. The molecule has 1 fully saturated rings. The van der Waals surface area contributed by atoms with Crippen LogP contribution in [0.25, 0.3) is 0 Å². The Balaban J connectivity index is 2.41. The summed E-state index contributed by atoms with van der Waals surface area (Å²) in [6.45, 7) is 0.866. The molecule has 1 aliphatic rings. The highest BCUT2D eigenvalue weighted by atomic mass is 16.3. The number of aliphatic hydroxyl groups excluding tert-OH is 2. The van der Waals surface area contributed by atoms with Crippen LogP contribution in [-0.4, -0.2) is 42.1 Å². The maximum absolute atomic E-state index is 8.75. The molecule has 0 amide bonds. The number of nitrogens with two attached hydrogens (primary N) is 1. The maximum atomic E-state index is 8.75. The Bertz CT molecular complexity index is 97.9. The molecule has 0 saturated carbocycles. The Kier molecular flexibility index (Phi) is 2.62. The Morgan fingerprint density at radius 1 is 1.40 bits per heavy atom. The van der Waals surface area contributed by atoms with Gasteiger partial charge in [-0.25, -0.2) is 0 Å². The molecule has 4 heteroatoms. The average Bonchev–Trinajstić information content (AvgIpc) is 2.30. The van der Waals surface area contributed by atoms with Crippen molar-refractivity contribution in [3.63, 3.8) is 0 Å². The van der Waals surface area contributed by atoms with Crippen LogP contribution >= 0.6 is 0 Å². The summed E-state index contributed by atoms with van der Waals surface area (Å²) in [6, 6.07) is -0.132. The summed E-state index contributed by atoms with van der Waals surface area (Å²) in [6.07, 6.45) is 0. The minimum Gasteiger partial charge on any atom is -0.396 e. The van der Waals surface area contributed by atoms with Crippen LogP contribution < -0.4 is 11.1 Å². The van der Waals surface area contributed by atoms with Crippen LogP contribution in [0.1, 0.15) is 0 Å². The fraction of sp³-hybridized carbons (Fsp3) is 1.00. The van der Waals surface area contributed by atoms with E-state index in [4.69, 9.17) is 15.9 Å². The summed E-state index contributed by atoms with van der Waals surface area (Å²) in [4.78, 5) is 0. The lowest BCUT2D eigenvalue weighted by Gasteiger charge is -2.15. The Morgan fingerprint density at radius 3 is 2.40 bits per heavy atom. The van der Waals surface area contributed by atoms with Crippen LogP contribution in [0.2, 0.25) is 0 Å². The van der Waals surface area contributed by atoms with E-state index in [1.54, 1.807) is 0 Å². The van der Waals surface area contributed by atoms with E-state index in [9.17, 15) is 0 Å². The zero-order chi connectivity index (χ0) is 7.56. The Hall–Kier alpha value is -0.160. The number of aliphatic hydroxyl groups is 2. The van der Waals surface area contributed by atoms with Crippen molar-refractivity contribution < 1.29 is 10.2 Å². The lowest BCUT2D eigenvalue weighted by molar-refractivity contribution is 0.206. The van der Waals surface area contributed by atoms with E-state index >= 15 is 0 Å². The quantitative estimate of drug-likeness (QED) is 0.359. The molecule has 0 bridgehead atoms. The molecule has 3 atom stereocenters. The molecular formula is C6H14N2O2. The largest absolute Gasteiger partial charge is 0.396 e. The fourth-order valence-electron chi connectivity index (χ4n) is 1.28. The predicted molar refractivity (Wildman–Crippen MR) is 37.4 cm³/mol. The van der Waals surface area contributed by atoms with Crippen LogP contribution in [0.5, 0.6) is 0 Å². The molecular weight excluding hydrogens is 132 g/mol. The fourth-order valence-corrected chi connectivity index (χ4v) is 1.28. The Morgan fingerprint density at radius 2 is 2.10 bits per heavy atom. The van der Waals surface area contributed by atoms with Crippen molar-refractivity contribution in [2.45, 2.75) is 12.1 Å². The van der Waals surface area contributed by atoms with Gasteiger partial charge in [-0.1, -0.05) is 0 Å². The maximum Gasteiger partial charge on any atom is 0.0599 e. The molecule has 0 aromatic heterocycles. The molecule has 4 nitrogen and oxygen atoms in total. The van der Waals surface area contributed by atoms with Gasteiger partial charge in [0.1, 0.15) is 0 Å². The molecule has 0 aromatic rings. The lowest BCUT2D eigenvalue weighted by Crippen LogP contribution is -2.41. The molecule has 0 unspecified atom stereocenters. The monoisotopic (exact) mass is 146 g/mol. The van der Waals surface area contributed by atoms with Crippen molar-refractivity contribution in [1.29, 1.82) is 0 Å². The van der Waals surface area contributed by atoms with Crippen molar-refractivity contribution in [3.05, 3.63) is 0 Å². The van der Waals surface area contributed by atoms with Crippen LogP contribution in [0.3, 0.4) is 0 Å². The third-order valence-corrected chi connectivity index (χ3v) is 2.08. The van der Waals surface area contributed by atoms with Crippen molar-refractivity contribution in [3.8, 4) is 0 Å². The normalized spacial score (nSPS) is 40.5. The molecule has 0 aromatic carbocycles. The second-order valence-corrected chi connectivity index (χ2v) is 2.72. The number of hydrogen-bond donors (Lipinski definition) is 4. The van der Waals surface area contributed by atoms with Crippen LogP contribution in [-0.2, 0) is 0 Å². The van der Waals surface area contributed by atoms with Gasteiger partial charge in [0.25, 0.3) is 0 Å². The first-order chi connectivity index (χ1) is 4.79. The van der Waals surface area contributed by atoms with E-state index in [-0.39, 0.29) is 31.2 Å². The second kappa shape index (κ2) is 3.30. The van der Waals surface area contributed by atoms with Gasteiger partial charge in [0.05, 0.1) is 6.61 Å². The zero-order valence-corrected chi connectivity index (χ0v) is 5.83. The summed E-state index contributed by atoms with van der Waals surface area (Å²) in [7, 11) is 0. The van der Waals surface area contributed by atoms with Gasteiger partial charge >= 0.3 is 0 Å². The molecule has 1 saturated heterocycles. The summed E-state index contributed by atoms with van der Waals surface area (Å²) in [5.74, 6) is 0.108. The third kappa shape index (κ3) is 1.29. The minimum atomic E-state index is -0.102. The van der Waals surface area contributed by atoms with Gasteiger partial charge in [-0.15, -0.1) is 0 Å². The summed E-state index contributed by atoms with van der Waals surface area (Å²) in [5.41, 5.74) is 5.66. The van der Waals surface area contributed by atoms with Gasteiger partial charge in [-0.2, -0.15) is 0 Å². The highest BCUT2D eigenvalue weighted by molar-refractivity contribution is 4.92. The average molecular weight is 146 g/mol. The molecule has 1 rings (SSSR count). The van der Waals surface area contributed by atoms with E-state index in [0.717, 1.165) is 0 Å². The molecule has 1 aliphatic heterocycles. The number of rotatable bonds is 2. The molecule has 10 heavy (non-hydrogen) atoms. The standard InChI is InChI=1S/C6H14N2O2/c7-6-4(2-9)1-8-5(6)3-10/h4-6,8-10H,1-3,7H2/t4-,5-,6+/m1/s1. The van der Waals surface area contributed by atoms with Gasteiger partial charge in [-0.05, 0) is 0 Å². The molecule has 60 valence electrons. The van der Waals surface area contributed by atoms with Crippen molar-refractivity contribution in [2.24, 2.45) is 11.7 Å². The summed E-state index contributed by atoms with van der Waals surface area (Å²) in [5, 5.41) is 20.5. The molecule has 0 aliphatic carbocycles. The van der Waals surface area contributed by atoms with E-state index in [1.165, 1.54) is 0 Å². The first kappa shape index (κ1) is 7.94. The van der Waals surface area contributed by atoms with Crippen LogP contribution in [0, 0.1) is 5.92 Å². The van der Waals surface area contributed by atoms with Crippen molar-refractivity contribution in [1.82, 2.24) is 5.32 Å². The van der Waals surface area contributed by atoms with E-state index in [2.05, 4.69) is 5.32 Å². The smallest absolute Gasteiger partial charge is 0.0599 e. The molecule has 0 radical (unpaired) electrons. The van der Waals surface area contributed by atoms with Gasteiger partial charge < -0.3 is 21.3 Å². The molecule has 0 spiro atoms. The summed E-state index contributed by atoms with van der Waals surface area (Å²) >= 11 is 0.